The van der Waals surface area contributed by atoms with E-state index in [1.807, 2.05) is 0 Å². The molecule has 2 rings (SSSR count). The highest BCUT2D eigenvalue weighted by molar-refractivity contribution is 5.25. The van der Waals surface area contributed by atoms with E-state index in [4.69, 9.17) is 10.5 Å². The first-order chi connectivity index (χ1) is 6.42. The molecule has 0 radical (unpaired) electrons. The maximum absolute atomic E-state index is 5.49. The molecule has 0 unspecified atom stereocenters. The standard InChI is InChI=1S/C9H13N3O/c10-3-1-8-7-5-13-4-2-9(7)12-6-11-8/h6H,1-5,10H2. The molecule has 13 heavy (non-hydrogen) atoms. The Morgan fingerprint density at radius 3 is 3.23 bits per heavy atom. The van der Waals surface area contributed by atoms with Crippen LogP contribution in [0, 0.1) is 0 Å². The van der Waals surface area contributed by atoms with Gasteiger partial charge < -0.3 is 10.5 Å². The average Bonchev–Trinajstić information content (AvgIpc) is 2.19. The van der Waals surface area contributed by atoms with E-state index < -0.39 is 0 Å². The second-order valence-corrected chi connectivity index (χ2v) is 3.09. The highest BCUT2D eigenvalue weighted by Crippen LogP contribution is 2.16. The molecule has 4 heteroatoms. The zero-order valence-electron chi connectivity index (χ0n) is 7.49. The van der Waals surface area contributed by atoms with E-state index in [0.29, 0.717) is 13.2 Å². The number of hydrogen-bond donors (Lipinski definition) is 1. The van der Waals surface area contributed by atoms with Gasteiger partial charge in [0.05, 0.1) is 24.6 Å². The molecular formula is C9H13N3O. The Hall–Kier alpha value is -1.00. The molecule has 0 saturated heterocycles. The zero-order chi connectivity index (χ0) is 9.10. The van der Waals surface area contributed by atoms with Gasteiger partial charge in [-0.15, -0.1) is 0 Å². The number of aromatic nitrogens is 2. The number of hydrogen-bond acceptors (Lipinski definition) is 4. The molecule has 0 fully saturated rings. The number of fused-ring (bicyclic) bond motifs is 1. The molecular weight excluding hydrogens is 166 g/mol. The highest BCUT2D eigenvalue weighted by atomic mass is 16.5. The normalized spacial score (nSPS) is 15.5. The largest absolute Gasteiger partial charge is 0.376 e. The lowest BCUT2D eigenvalue weighted by molar-refractivity contribution is 0.108. The maximum atomic E-state index is 5.49. The van der Waals surface area contributed by atoms with Gasteiger partial charge in [-0.1, -0.05) is 0 Å². The molecule has 1 aliphatic heterocycles. The van der Waals surface area contributed by atoms with Crippen LogP contribution in [0.15, 0.2) is 6.33 Å². The summed E-state index contributed by atoms with van der Waals surface area (Å²) in [6, 6.07) is 0. The molecule has 4 nitrogen and oxygen atoms in total. The van der Waals surface area contributed by atoms with Gasteiger partial charge in [0.1, 0.15) is 6.33 Å². The van der Waals surface area contributed by atoms with Gasteiger partial charge in [-0.3, -0.25) is 0 Å². The smallest absolute Gasteiger partial charge is 0.115 e. The first-order valence-electron chi connectivity index (χ1n) is 4.51. The van der Waals surface area contributed by atoms with Crippen LogP contribution >= 0.6 is 0 Å². The van der Waals surface area contributed by atoms with E-state index in [1.54, 1.807) is 6.33 Å². The molecule has 1 aromatic rings. The summed E-state index contributed by atoms with van der Waals surface area (Å²) in [5.74, 6) is 0. The van der Waals surface area contributed by atoms with E-state index in [0.717, 1.165) is 36.4 Å². The minimum atomic E-state index is 0.628. The van der Waals surface area contributed by atoms with Crippen molar-refractivity contribution in [1.29, 1.82) is 0 Å². The van der Waals surface area contributed by atoms with Crippen molar-refractivity contribution >= 4 is 0 Å². The van der Waals surface area contributed by atoms with Crippen LogP contribution in [0.2, 0.25) is 0 Å². The monoisotopic (exact) mass is 179 g/mol. The molecule has 1 aliphatic rings. The zero-order valence-corrected chi connectivity index (χ0v) is 7.49. The van der Waals surface area contributed by atoms with E-state index in [2.05, 4.69) is 9.97 Å². The van der Waals surface area contributed by atoms with Crippen molar-refractivity contribution in [3.8, 4) is 0 Å². The Morgan fingerprint density at radius 2 is 2.38 bits per heavy atom. The maximum Gasteiger partial charge on any atom is 0.115 e. The topological polar surface area (TPSA) is 61.0 Å². The fourth-order valence-electron chi connectivity index (χ4n) is 1.57. The lowest BCUT2D eigenvalue weighted by Crippen LogP contribution is -2.17. The van der Waals surface area contributed by atoms with Crippen LogP contribution in [0.5, 0.6) is 0 Å². The van der Waals surface area contributed by atoms with Crippen LogP contribution in [0.25, 0.3) is 0 Å². The third-order valence-corrected chi connectivity index (χ3v) is 2.23. The third kappa shape index (κ3) is 1.68. The van der Waals surface area contributed by atoms with Crippen molar-refractivity contribution in [2.45, 2.75) is 19.4 Å². The van der Waals surface area contributed by atoms with Crippen LogP contribution in [0.1, 0.15) is 17.0 Å². The lowest BCUT2D eigenvalue weighted by Gasteiger charge is -2.17. The van der Waals surface area contributed by atoms with Crippen LogP contribution in [0.4, 0.5) is 0 Å². The quantitative estimate of drug-likeness (QED) is 0.697. The van der Waals surface area contributed by atoms with Crippen LogP contribution in [-0.2, 0) is 24.2 Å². The lowest BCUT2D eigenvalue weighted by atomic mass is 10.1. The fraction of sp³-hybridized carbons (Fsp3) is 0.556. The minimum Gasteiger partial charge on any atom is -0.376 e. The van der Waals surface area contributed by atoms with Gasteiger partial charge in [-0.25, -0.2) is 9.97 Å². The van der Waals surface area contributed by atoms with Crippen LogP contribution < -0.4 is 5.73 Å². The summed E-state index contributed by atoms with van der Waals surface area (Å²) in [7, 11) is 0. The molecule has 0 amide bonds. The van der Waals surface area contributed by atoms with Crippen molar-refractivity contribution in [1.82, 2.24) is 9.97 Å². The predicted octanol–water partition coefficient (Wildman–Crippen LogP) is 0.0505. The van der Waals surface area contributed by atoms with Gasteiger partial charge >= 0.3 is 0 Å². The molecule has 1 aromatic heterocycles. The predicted molar refractivity (Wildman–Crippen MR) is 48.2 cm³/mol. The molecule has 0 bridgehead atoms. The molecule has 0 spiro atoms. The average molecular weight is 179 g/mol. The van der Waals surface area contributed by atoms with Crippen molar-refractivity contribution in [2.24, 2.45) is 5.73 Å². The fourth-order valence-corrected chi connectivity index (χ4v) is 1.57. The minimum absolute atomic E-state index is 0.628. The van der Waals surface area contributed by atoms with Gasteiger partial charge in [0.2, 0.25) is 0 Å². The number of nitrogens with two attached hydrogens (primary N) is 1. The summed E-state index contributed by atoms with van der Waals surface area (Å²) in [5, 5.41) is 0. The van der Waals surface area contributed by atoms with E-state index in [1.165, 1.54) is 0 Å². The molecule has 70 valence electrons. The highest BCUT2D eigenvalue weighted by Gasteiger charge is 2.14. The Bertz CT molecular complexity index is 301. The van der Waals surface area contributed by atoms with Crippen molar-refractivity contribution < 1.29 is 4.74 Å². The van der Waals surface area contributed by atoms with Gasteiger partial charge in [-0.2, -0.15) is 0 Å². The Labute approximate surface area is 77.1 Å². The Balaban J connectivity index is 2.34. The molecule has 2 N–H and O–H groups in total. The summed E-state index contributed by atoms with van der Waals surface area (Å²) >= 11 is 0. The third-order valence-electron chi connectivity index (χ3n) is 2.23. The molecule has 0 aliphatic carbocycles. The van der Waals surface area contributed by atoms with Gasteiger partial charge in [0.25, 0.3) is 0 Å². The Kier molecular flexibility index (Phi) is 2.52. The molecule has 2 heterocycles. The molecule has 0 aromatic carbocycles. The van der Waals surface area contributed by atoms with E-state index in [-0.39, 0.29) is 0 Å². The Morgan fingerprint density at radius 1 is 1.46 bits per heavy atom. The summed E-state index contributed by atoms with van der Waals surface area (Å²) < 4.78 is 5.36. The first kappa shape index (κ1) is 8.59. The first-order valence-corrected chi connectivity index (χ1v) is 4.51. The van der Waals surface area contributed by atoms with Crippen LogP contribution in [0.3, 0.4) is 0 Å². The summed E-state index contributed by atoms with van der Waals surface area (Å²) in [5.41, 5.74) is 8.82. The van der Waals surface area contributed by atoms with E-state index in [9.17, 15) is 0 Å². The SMILES string of the molecule is NCCc1ncnc2c1COCC2. The molecule has 0 atom stereocenters. The van der Waals surface area contributed by atoms with Crippen LogP contribution in [-0.4, -0.2) is 23.1 Å². The van der Waals surface area contributed by atoms with Crippen molar-refractivity contribution in [3.05, 3.63) is 23.3 Å². The van der Waals surface area contributed by atoms with Gasteiger partial charge in [-0.05, 0) is 6.54 Å². The van der Waals surface area contributed by atoms with Crippen molar-refractivity contribution in [3.63, 3.8) is 0 Å². The number of rotatable bonds is 2. The van der Waals surface area contributed by atoms with Gasteiger partial charge in [0.15, 0.2) is 0 Å². The molecule has 0 saturated carbocycles. The number of ether oxygens (including phenoxy) is 1. The summed E-state index contributed by atoms with van der Waals surface area (Å²) in [6.45, 7) is 2.04. The van der Waals surface area contributed by atoms with Gasteiger partial charge in [0, 0.05) is 18.4 Å². The second-order valence-electron chi connectivity index (χ2n) is 3.09. The van der Waals surface area contributed by atoms with E-state index >= 15 is 0 Å². The number of nitrogens with zero attached hydrogens (tertiary/aromatic N) is 2. The summed E-state index contributed by atoms with van der Waals surface area (Å²) in [6.07, 6.45) is 3.33. The summed E-state index contributed by atoms with van der Waals surface area (Å²) in [4.78, 5) is 8.44. The van der Waals surface area contributed by atoms with Crippen molar-refractivity contribution in [2.75, 3.05) is 13.2 Å². The second kappa shape index (κ2) is 3.81.